The average molecular weight is 1140 g/mol. The molecule has 0 N–H and O–H groups in total. The van der Waals surface area contributed by atoms with Crippen molar-refractivity contribution < 1.29 is 26.3 Å². The highest BCUT2D eigenvalue weighted by Crippen LogP contribution is 2.49. The maximum Gasteiger partial charge on any atom is 0.417 e. The normalized spacial score (nSPS) is 12.1. The van der Waals surface area contributed by atoms with E-state index < -0.39 is 29.0 Å². The van der Waals surface area contributed by atoms with E-state index in [0.29, 0.717) is 29.1 Å². The van der Waals surface area contributed by atoms with Crippen molar-refractivity contribution in [3.8, 4) is 84.2 Å². The van der Waals surface area contributed by atoms with Gasteiger partial charge >= 0.3 is 12.4 Å². The number of rotatable bonds is 8. The predicted octanol–water partition coefficient (Wildman–Crippen LogP) is 22.3. The Balaban J connectivity index is 1.16. The van der Waals surface area contributed by atoms with Gasteiger partial charge in [-0.25, -0.2) is 0 Å². The number of benzene rings is 11. The fraction of sp³-hybridized carbons (Fsp3) is 0.130. The van der Waals surface area contributed by atoms with E-state index >= 15 is 26.3 Å². The highest BCUT2D eigenvalue weighted by molar-refractivity contribution is 6.14. The minimum Gasteiger partial charge on any atom is -0.309 e. The lowest BCUT2D eigenvalue weighted by molar-refractivity contribution is -0.142. The Labute approximate surface area is 495 Å². The lowest BCUT2D eigenvalue weighted by Gasteiger charge is -2.23. The maximum atomic E-state index is 15.4. The molecular weight excluding hydrogens is 1080 g/mol. The summed E-state index contributed by atoms with van der Waals surface area (Å²) in [5.74, 6) is 0. The van der Waals surface area contributed by atoms with Crippen LogP contribution in [0, 0.1) is 66.7 Å². The van der Waals surface area contributed by atoms with Crippen molar-refractivity contribution in [3.63, 3.8) is 0 Å². The molecule has 0 saturated carbocycles. The van der Waals surface area contributed by atoms with Crippen LogP contribution < -0.4 is 0 Å². The Kier molecular flexibility index (Phi) is 13.3. The van der Waals surface area contributed by atoms with Gasteiger partial charge in [0.15, 0.2) is 0 Å². The van der Waals surface area contributed by atoms with Gasteiger partial charge in [-0.15, -0.1) is 0 Å². The van der Waals surface area contributed by atoms with E-state index in [-0.39, 0.29) is 16.7 Å². The molecule has 0 aliphatic heterocycles. The zero-order chi connectivity index (χ0) is 60.2. The smallest absolute Gasteiger partial charge is 0.309 e. The number of halogens is 6. The molecule has 0 aliphatic rings. The van der Waals surface area contributed by atoms with Crippen LogP contribution in [0.1, 0.15) is 61.2 Å². The van der Waals surface area contributed by atoms with E-state index in [0.717, 1.165) is 139 Å². The molecule has 0 saturated heterocycles. The van der Waals surface area contributed by atoms with Gasteiger partial charge in [-0.2, -0.15) is 31.6 Å². The number of aromatic nitrogens is 2. The van der Waals surface area contributed by atoms with Gasteiger partial charge in [0.05, 0.1) is 56.2 Å². The molecule has 2 aromatic heterocycles. The van der Waals surface area contributed by atoms with Crippen LogP contribution in [0.15, 0.2) is 200 Å². The SMILES string of the molecule is Cc1cc(C)cc(-c2ccc3c(c2)c2cc(-c4cc(C)cc(C)c4)ccc2n3-c2ccc(-c3c(C(F)(F)F)cccc3C(F)(F)F)cc2-c2c(C#N)cccc2-n2c3ccc(-c4cc(C)cc(C)c4)cc3c3cc(-c4cc(C)cc(C)c4)ccc32)c1. The van der Waals surface area contributed by atoms with Gasteiger partial charge in [0.2, 0.25) is 0 Å². The van der Waals surface area contributed by atoms with Crippen molar-refractivity contribution in [1.29, 1.82) is 5.26 Å². The van der Waals surface area contributed by atoms with Gasteiger partial charge in [0.25, 0.3) is 0 Å². The molecule has 0 unspecified atom stereocenters. The average Bonchev–Trinajstić information content (AvgIpc) is 1.66. The second-order valence-electron chi connectivity index (χ2n) is 23.4. The third kappa shape index (κ3) is 9.79. The molecule has 13 aromatic rings. The fourth-order valence-electron chi connectivity index (χ4n) is 13.4. The number of nitriles is 1. The van der Waals surface area contributed by atoms with E-state index in [1.54, 1.807) is 18.2 Å². The first-order valence-electron chi connectivity index (χ1n) is 28.6. The fourth-order valence-corrected chi connectivity index (χ4v) is 13.4. The molecule has 3 nitrogen and oxygen atoms in total. The van der Waals surface area contributed by atoms with Gasteiger partial charge in [0.1, 0.15) is 0 Å². The number of fused-ring (bicyclic) bond motifs is 6. The molecule has 11 aromatic carbocycles. The van der Waals surface area contributed by atoms with Crippen LogP contribution in [-0.2, 0) is 12.4 Å². The van der Waals surface area contributed by atoms with Gasteiger partial charge in [-0.05, 0) is 190 Å². The van der Waals surface area contributed by atoms with Crippen LogP contribution in [0.2, 0.25) is 0 Å². The van der Waals surface area contributed by atoms with E-state index in [1.807, 2.05) is 34.9 Å². The Bertz CT molecular complexity index is 4690. The third-order valence-corrected chi connectivity index (χ3v) is 16.6. The van der Waals surface area contributed by atoms with E-state index in [4.69, 9.17) is 0 Å². The van der Waals surface area contributed by atoms with Crippen LogP contribution >= 0.6 is 0 Å². The number of hydrogen-bond acceptors (Lipinski definition) is 1. The summed E-state index contributed by atoms with van der Waals surface area (Å²) < 4.78 is 96.4. The van der Waals surface area contributed by atoms with Crippen molar-refractivity contribution in [2.75, 3.05) is 0 Å². The molecule has 0 atom stereocenters. The molecule has 0 amide bonds. The monoisotopic (exact) mass is 1140 g/mol. The van der Waals surface area contributed by atoms with Crippen molar-refractivity contribution in [2.24, 2.45) is 0 Å². The van der Waals surface area contributed by atoms with E-state index in [9.17, 15) is 5.26 Å². The first-order chi connectivity index (χ1) is 41.1. The zero-order valence-electron chi connectivity index (χ0n) is 48.7. The number of hydrogen-bond donors (Lipinski definition) is 0. The lowest BCUT2D eigenvalue weighted by Crippen LogP contribution is -2.14. The van der Waals surface area contributed by atoms with Crippen molar-refractivity contribution in [2.45, 2.75) is 67.7 Å². The van der Waals surface area contributed by atoms with Crippen LogP contribution in [0.5, 0.6) is 0 Å². The van der Waals surface area contributed by atoms with Gasteiger partial charge < -0.3 is 9.13 Å². The van der Waals surface area contributed by atoms with E-state index in [2.05, 4.69) is 187 Å². The Morgan fingerprint density at radius 3 is 0.942 bits per heavy atom. The highest BCUT2D eigenvalue weighted by Gasteiger charge is 2.41. The van der Waals surface area contributed by atoms with Crippen LogP contribution in [-0.4, -0.2) is 9.13 Å². The summed E-state index contributed by atoms with van der Waals surface area (Å²) in [6.07, 6.45) is -10.3. The van der Waals surface area contributed by atoms with Gasteiger partial charge in [-0.1, -0.05) is 160 Å². The molecular formula is C77H57F6N3. The van der Waals surface area contributed by atoms with Crippen molar-refractivity contribution in [1.82, 2.24) is 9.13 Å². The second kappa shape index (κ2) is 20.7. The van der Waals surface area contributed by atoms with Gasteiger partial charge in [-0.3, -0.25) is 0 Å². The van der Waals surface area contributed by atoms with Crippen molar-refractivity contribution in [3.05, 3.63) is 261 Å². The van der Waals surface area contributed by atoms with Crippen LogP contribution in [0.25, 0.3) is 122 Å². The van der Waals surface area contributed by atoms with Crippen LogP contribution in [0.3, 0.4) is 0 Å². The second-order valence-corrected chi connectivity index (χ2v) is 23.4. The summed E-state index contributed by atoms with van der Waals surface area (Å²) in [6.45, 7) is 16.5. The molecule has 86 heavy (non-hydrogen) atoms. The standard InChI is InChI=1S/C77H57F6N3/c1-43-25-44(2)30-57(29-43)51-15-20-68-61(37-51)62-38-52(58-31-45(3)26-46(4)32-58)16-21-69(62)85(68)72-24-19-55(75-66(76(78,79)80)12-10-13-67(75)77(81,82)83)41-65(72)74-56(42-84)11-9-14-73(74)86-70-22-17-53(59-33-47(5)27-48(6)34-59)39-63(70)64-40-54(18-23-71(64)86)60-35-49(7)28-50(8)36-60/h9-41H,1-8H3. The minimum absolute atomic E-state index is 0.157. The summed E-state index contributed by atoms with van der Waals surface area (Å²) in [6, 6.07) is 65.1. The summed E-state index contributed by atoms with van der Waals surface area (Å²) in [5.41, 5.74) is 17.3. The van der Waals surface area contributed by atoms with Gasteiger partial charge in [0, 0.05) is 38.2 Å². The van der Waals surface area contributed by atoms with Crippen molar-refractivity contribution >= 4 is 43.6 Å². The summed E-state index contributed by atoms with van der Waals surface area (Å²) >= 11 is 0. The topological polar surface area (TPSA) is 33.6 Å². The summed E-state index contributed by atoms with van der Waals surface area (Å²) in [7, 11) is 0. The summed E-state index contributed by atoms with van der Waals surface area (Å²) in [4.78, 5) is 0. The molecule has 9 heteroatoms. The maximum absolute atomic E-state index is 15.4. The molecule has 2 heterocycles. The number of aryl methyl sites for hydroxylation is 8. The molecule has 0 bridgehead atoms. The molecule has 13 rings (SSSR count). The first-order valence-corrected chi connectivity index (χ1v) is 28.6. The molecule has 0 spiro atoms. The Morgan fingerprint density at radius 2 is 0.616 bits per heavy atom. The highest BCUT2D eigenvalue weighted by atomic mass is 19.4. The molecule has 0 radical (unpaired) electrons. The predicted molar refractivity (Wildman–Crippen MR) is 340 cm³/mol. The largest absolute Gasteiger partial charge is 0.417 e. The van der Waals surface area contributed by atoms with E-state index in [1.165, 1.54) is 12.1 Å². The third-order valence-electron chi connectivity index (χ3n) is 16.6. The quantitative estimate of drug-likeness (QED) is 0.140. The number of alkyl halides is 6. The molecule has 0 fully saturated rings. The molecule has 422 valence electrons. The summed E-state index contributed by atoms with van der Waals surface area (Å²) in [5, 5.41) is 15.0. The molecule has 0 aliphatic carbocycles. The Hall–Kier alpha value is -9.91. The number of nitrogens with zero attached hydrogens (tertiary/aromatic N) is 3. The minimum atomic E-state index is -5.17. The zero-order valence-corrected chi connectivity index (χ0v) is 48.7. The first kappa shape index (κ1) is 55.3. The lowest BCUT2D eigenvalue weighted by atomic mass is 9.89. The Morgan fingerprint density at radius 1 is 0.302 bits per heavy atom. The van der Waals surface area contributed by atoms with Crippen LogP contribution in [0.4, 0.5) is 26.3 Å².